The number of primary sulfonamides is 1. The zero-order chi connectivity index (χ0) is 14.9. The summed E-state index contributed by atoms with van der Waals surface area (Å²) in [5.74, 6) is 1.23. The van der Waals surface area contributed by atoms with Gasteiger partial charge >= 0.3 is 0 Å². The third-order valence-electron chi connectivity index (χ3n) is 4.14. The number of nitrogens with two attached hydrogens (primary N) is 1. The first-order valence-corrected chi connectivity index (χ1v) is 9.22. The second kappa shape index (κ2) is 6.03. The van der Waals surface area contributed by atoms with Crippen LogP contribution in [0.4, 0.5) is 5.69 Å². The molecule has 0 aliphatic heterocycles. The summed E-state index contributed by atoms with van der Waals surface area (Å²) in [5, 5.41) is 8.68. The van der Waals surface area contributed by atoms with Crippen molar-refractivity contribution in [1.29, 1.82) is 0 Å². The predicted octanol–water partition coefficient (Wildman–Crippen LogP) is 3.33. The fourth-order valence-corrected chi connectivity index (χ4v) is 4.12. The molecule has 0 aromatic heterocycles. The van der Waals surface area contributed by atoms with Crippen molar-refractivity contribution < 1.29 is 8.42 Å². The molecule has 2 atom stereocenters. The van der Waals surface area contributed by atoms with Crippen LogP contribution in [0.1, 0.15) is 33.1 Å². The lowest BCUT2D eigenvalue weighted by Gasteiger charge is -2.36. The van der Waals surface area contributed by atoms with E-state index in [9.17, 15) is 8.42 Å². The van der Waals surface area contributed by atoms with Crippen molar-refractivity contribution in [3.8, 4) is 0 Å². The Bertz CT molecular complexity index is 579. The summed E-state index contributed by atoms with van der Waals surface area (Å²) in [7, 11) is -3.65. The Balaban J connectivity index is 2.21. The lowest BCUT2D eigenvalue weighted by atomic mass is 9.78. The van der Waals surface area contributed by atoms with Gasteiger partial charge in [-0.1, -0.05) is 20.3 Å². The topological polar surface area (TPSA) is 72.2 Å². The maximum absolute atomic E-state index is 11.3. The fraction of sp³-hybridized carbons (Fsp3) is 0.571. The number of nitrogens with one attached hydrogen (secondary N) is 1. The van der Waals surface area contributed by atoms with Crippen LogP contribution in [0, 0.1) is 11.8 Å². The van der Waals surface area contributed by atoms with E-state index in [1.807, 2.05) is 0 Å². The van der Waals surface area contributed by atoms with Crippen molar-refractivity contribution in [2.75, 3.05) is 5.32 Å². The molecule has 1 aromatic carbocycles. The smallest absolute Gasteiger partial charge is 0.238 e. The molecule has 4 nitrogen and oxygen atoms in total. The maximum atomic E-state index is 11.3. The van der Waals surface area contributed by atoms with Gasteiger partial charge in [-0.25, -0.2) is 13.6 Å². The van der Waals surface area contributed by atoms with Crippen LogP contribution in [0.5, 0.6) is 0 Å². The molecule has 1 aliphatic carbocycles. The monoisotopic (exact) mass is 360 g/mol. The average Bonchev–Trinajstić information content (AvgIpc) is 2.34. The highest BCUT2D eigenvalue weighted by atomic mass is 79.9. The molecule has 1 aromatic rings. The molecular formula is C14H21BrN2O2S. The molecule has 1 aliphatic rings. The van der Waals surface area contributed by atoms with E-state index in [1.165, 1.54) is 19.3 Å². The SMILES string of the molecule is CC1CCCC(C)C1Nc1ccc(S(N)(=O)=O)cc1Br. The van der Waals surface area contributed by atoms with E-state index in [4.69, 9.17) is 5.14 Å². The van der Waals surface area contributed by atoms with E-state index in [0.717, 1.165) is 10.2 Å². The third-order valence-corrected chi connectivity index (χ3v) is 5.70. The van der Waals surface area contributed by atoms with Crippen molar-refractivity contribution >= 4 is 31.6 Å². The van der Waals surface area contributed by atoms with Gasteiger partial charge in [-0.15, -0.1) is 0 Å². The zero-order valence-electron chi connectivity index (χ0n) is 11.8. The quantitative estimate of drug-likeness (QED) is 0.867. The van der Waals surface area contributed by atoms with Crippen molar-refractivity contribution in [2.45, 2.75) is 44.0 Å². The van der Waals surface area contributed by atoms with E-state index in [0.29, 0.717) is 17.9 Å². The molecule has 112 valence electrons. The Morgan fingerprint density at radius 3 is 2.35 bits per heavy atom. The van der Waals surface area contributed by atoms with E-state index in [1.54, 1.807) is 18.2 Å². The average molecular weight is 361 g/mol. The first-order valence-electron chi connectivity index (χ1n) is 6.88. The van der Waals surface area contributed by atoms with Crippen LogP contribution >= 0.6 is 15.9 Å². The van der Waals surface area contributed by atoms with Gasteiger partial charge in [0.05, 0.1) is 4.90 Å². The van der Waals surface area contributed by atoms with Crippen LogP contribution < -0.4 is 10.5 Å². The fourth-order valence-electron chi connectivity index (χ4n) is 2.94. The zero-order valence-corrected chi connectivity index (χ0v) is 14.2. The summed E-state index contributed by atoms with van der Waals surface area (Å²) < 4.78 is 23.4. The van der Waals surface area contributed by atoms with Crippen LogP contribution in [0.2, 0.25) is 0 Å². The number of sulfonamides is 1. The first kappa shape index (κ1) is 15.8. The van der Waals surface area contributed by atoms with Gasteiger partial charge in [0.1, 0.15) is 0 Å². The minimum atomic E-state index is -3.65. The van der Waals surface area contributed by atoms with Gasteiger partial charge in [-0.05, 0) is 58.8 Å². The Morgan fingerprint density at radius 2 is 1.85 bits per heavy atom. The summed E-state index contributed by atoms with van der Waals surface area (Å²) in [6.45, 7) is 4.53. The van der Waals surface area contributed by atoms with Crippen molar-refractivity contribution in [3.63, 3.8) is 0 Å². The number of anilines is 1. The summed E-state index contributed by atoms with van der Waals surface area (Å²) >= 11 is 3.42. The van der Waals surface area contributed by atoms with Crippen LogP contribution in [-0.2, 0) is 10.0 Å². The van der Waals surface area contributed by atoms with Crippen LogP contribution in [0.25, 0.3) is 0 Å². The van der Waals surface area contributed by atoms with Gasteiger partial charge in [0, 0.05) is 16.2 Å². The van der Waals surface area contributed by atoms with Gasteiger partial charge < -0.3 is 5.32 Å². The van der Waals surface area contributed by atoms with Crippen molar-refractivity contribution in [3.05, 3.63) is 22.7 Å². The normalized spacial score (nSPS) is 27.3. The predicted molar refractivity (Wildman–Crippen MR) is 85.1 cm³/mol. The molecule has 6 heteroatoms. The second-order valence-corrected chi connectivity index (χ2v) is 8.16. The van der Waals surface area contributed by atoms with Gasteiger partial charge in [0.25, 0.3) is 0 Å². The largest absolute Gasteiger partial charge is 0.381 e. The van der Waals surface area contributed by atoms with Crippen LogP contribution in [0.3, 0.4) is 0 Å². The Hall–Kier alpha value is -0.590. The summed E-state index contributed by atoms with van der Waals surface area (Å²) in [5.41, 5.74) is 0.919. The second-order valence-electron chi connectivity index (χ2n) is 5.74. The molecule has 2 unspecified atom stereocenters. The van der Waals surface area contributed by atoms with Gasteiger partial charge in [-0.2, -0.15) is 0 Å². The molecule has 0 bridgehead atoms. The minimum Gasteiger partial charge on any atom is -0.381 e. The molecule has 3 N–H and O–H groups in total. The highest BCUT2D eigenvalue weighted by Crippen LogP contribution is 2.34. The van der Waals surface area contributed by atoms with Gasteiger partial charge in [0.15, 0.2) is 0 Å². The molecular weight excluding hydrogens is 340 g/mol. The lowest BCUT2D eigenvalue weighted by Crippen LogP contribution is -2.37. The number of benzene rings is 1. The number of halogens is 1. The molecule has 1 fully saturated rings. The molecule has 0 heterocycles. The summed E-state index contributed by atoms with van der Waals surface area (Å²) in [6, 6.07) is 5.29. The Morgan fingerprint density at radius 1 is 1.25 bits per heavy atom. The molecule has 2 rings (SSSR count). The Kier molecular flexibility index (Phi) is 4.76. The minimum absolute atomic E-state index is 0.125. The summed E-state index contributed by atoms with van der Waals surface area (Å²) in [4.78, 5) is 0.125. The number of rotatable bonds is 3. The standard InChI is InChI=1S/C14H21BrN2O2S/c1-9-4-3-5-10(2)14(9)17-13-7-6-11(8-12(13)15)20(16,18)19/h6-10,14,17H,3-5H2,1-2H3,(H2,16,18,19). The van der Waals surface area contributed by atoms with E-state index in [2.05, 4.69) is 35.1 Å². The highest BCUT2D eigenvalue weighted by Gasteiger charge is 2.28. The molecule has 0 radical (unpaired) electrons. The van der Waals surface area contributed by atoms with E-state index in [-0.39, 0.29) is 4.90 Å². The van der Waals surface area contributed by atoms with Gasteiger partial charge in [-0.3, -0.25) is 0 Å². The molecule has 0 saturated heterocycles. The van der Waals surface area contributed by atoms with Crippen molar-refractivity contribution in [2.24, 2.45) is 17.0 Å². The molecule has 0 amide bonds. The number of hydrogen-bond donors (Lipinski definition) is 2. The maximum Gasteiger partial charge on any atom is 0.238 e. The van der Waals surface area contributed by atoms with E-state index >= 15 is 0 Å². The molecule has 20 heavy (non-hydrogen) atoms. The van der Waals surface area contributed by atoms with Crippen molar-refractivity contribution in [1.82, 2.24) is 0 Å². The summed E-state index contributed by atoms with van der Waals surface area (Å²) in [6.07, 6.45) is 3.75. The van der Waals surface area contributed by atoms with Gasteiger partial charge in [0.2, 0.25) is 10.0 Å². The first-order chi connectivity index (χ1) is 9.29. The highest BCUT2D eigenvalue weighted by molar-refractivity contribution is 9.10. The van der Waals surface area contributed by atoms with E-state index < -0.39 is 10.0 Å². The lowest BCUT2D eigenvalue weighted by molar-refractivity contribution is 0.268. The van der Waals surface area contributed by atoms with Crippen LogP contribution in [-0.4, -0.2) is 14.5 Å². The third kappa shape index (κ3) is 3.54. The van der Waals surface area contributed by atoms with Crippen LogP contribution in [0.15, 0.2) is 27.6 Å². The number of hydrogen-bond acceptors (Lipinski definition) is 3. The Labute approximate surface area is 129 Å². The molecule has 1 saturated carbocycles. The molecule has 0 spiro atoms.